The minimum absolute atomic E-state index is 0.284. The maximum absolute atomic E-state index is 13.2. The summed E-state index contributed by atoms with van der Waals surface area (Å²) in [4.78, 5) is 109. The number of benzene rings is 15. The van der Waals surface area contributed by atoms with E-state index in [9.17, 15) is 28.8 Å². The first-order valence-corrected chi connectivity index (χ1v) is 38.2. The number of aryl methyl sites for hydroxylation is 1. The Hall–Kier alpha value is -14.6. The van der Waals surface area contributed by atoms with Crippen molar-refractivity contribution in [2.24, 2.45) is 15.0 Å². The van der Waals surface area contributed by atoms with Crippen molar-refractivity contribution in [3.05, 3.63) is 356 Å². The lowest BCUT2D eigenvalue weighted by atomic mass is 9.92. The van der Waals surface area contributed by atoms with Crippen molar-refractivity contribution in [2.75, 3.05) is 14.7 Å². The highest BCUT2D eigenvalue weighted by atomic mass is 79.9. The normalized spacial score (nSPS) is 14.6. The molecule has 6 aliphatic heterocycles. The van der Waals surface area contributed by atoms with E-state index in [0.717, 1.165) is 175 Å². The standard InChI is InChI=1S/C33H21N3O2.C32H18BrN3O2.C32H19N3O2/c1-18-30(25-12-6-7-13-28(25)34-18)29-17-27-26-16-19(36-32(37)23-10-4-5-11-24(23)33(36)38)14-15-21(26)20-8-2-3-9-22(20)31(27)35-29;33-17-9-12-28-25(13-17)27(16-34-28)29-15-26-24-14-18(36-31(37)22-7-3-4-8-23(22)32(36)38)10-11-20(24)19-5-1-2-6-21(19)30(26)35-29;36-31-23-10-3-4-11-24(23)32(37)35(31)18-13-14-20-19-7-1-2-9-22(19)30-26(25(20)15-18)16-29(34-30)27-17-33-28-12-6-5-8-21(27)28/h2-16,34H,17H2,1H3;1-14,16,34H,15H2;1-15,17,33H,16H2. The number of hydrogen-bond acceptors (Lipinski definition) is 9. The SMILES string of the molecule is Cc1[nH]c2ccccc2c1C1=Nc2c(c3cc(N4C(=O)c5ccccc5C4=O)ccc3c3ccccc23)C1.O=C1c2ccccc2C(=O)N1c1ccc2c(c1)c1c(c3ccccc32)N=C(c2c[nH]c3ccc(Br)cc23)C1.O=C1c2ccccc2C(=O)N1c1ccc2c(c1)c1c(c3ccccc32)N=C(c2c[nH]c3ccccc23)C1. The number of aromatic nitrogens is 3. The summed E-state index contributed by atoms with van der Waals surface area (Å²) in [6.45, 7) is 2.09. The summed E-state index contributed by atoms with van der Waals surface area (Å²) in [6.07, 6.45) is 6.05. The molecule has 18 aromatic rings. The fourth-order valence-corrected chi connectivity index (χ4v) is 18.4. The minimum Gasteiger partial charge on any atom is -0.360 e. The Morgan fingerprint density at radius 1 is 0.283 bits per heavy atom. The number of hydrogen-bond donors (Lipinski definition) is 3. The molecule has 0 atom stereocenters. The van der Waals surface area contributed by atoms with Crippen molar-refractivity contribution >= 4 is 200 Å². The van der Waals surface area contributed by atoms with Crippen LogP contribution in [-0.4, -0.2) is 67.5 Å². The van der Waals surface area contributed by atoms with Crippen molar-refractivity contribution in [3.8, 4) is 0 Å². The number of nitrogens with one attached hydrogen (secondary N) is 3. The summed E-state index contributed by atoms with van der Waals surface area (Å²) in [5, 5.41) is 16.3. The molecule has 15 nitrogen and oxygen atoms in total. The fourth-order valence-electron chi connectivity index (χ4n) is 18.1. The average molecular weight is 1530 g/mol. The molecule has 3 aromatic heterocycles. The van der Waals surface area contributed by atoms with Crippen molar-refractivity contribution in [2.45, 2.75) is 26.2 Å². The second kappa shape index (κ2) is 25.0. The number of anilines is 3. The Morgan fingerprint density at radius 2 is 0.593 bits per heavy atom. The second-order valence-corrected chi connectivity index (χ2v) is 30.2. The van der Waals surface area contributed by atoms with Crippen LogP contribution in [0.25, 0.3) is 97.3 Å². The molecule has 0 spiro atoms. The maximum Gasteiger partial charge on any atom is 0.266 e. The smallest absolute Gasteiger partial charge is 0.266 e. The molecule has 24 rings (SSSR count). The minimum atomic E-state index is -0.288. The van der Waals surface area contributed by atoms with Crippen LogP contribution >= 0.6 is 15.9 Å². The molecule has 0 saturated heterocycles. The molecular formula is C97H58BrN9O6. The van der Waals surface area contributed by atoms with Crippen LogP contribution in [-0.2, 0) is 19.3 Å². The van der Waals surface area contributed by atoms with Crippen LogP contribution in [0.15, 0.2) is 299 Å². The van der Waals surface area contributed by atoms with Gasteiger partial charge in [-0.3, -0.25) is 43.7 Å². The third-order valence-electron chi connectivity index (χ3n) is 23.2. The van der Waals surface area contributed by atoms with Gasteiger partial charge in [-0.2, -0.15) is 0 Å². The first kappa shape index (κ1) is 65.5. The highest BCUT2D eigenvalue weighted by Gasteiger charge is 2.40. The van der Waals surface area contributed by atoms with E-state index in [1.165, 1.54) is 14.7 Å². The third-order valence-corrected chi connectivity index (χ3v) is 23.7. The predicted octanol–water partition coefficient (Wildman–Crippen LogP) is 21.9. The zero-order chi connectivity index (χ0) is 75.8. The zero-order valence-corrected chi connectivity index (χ0v) is 61.8. The summed E-state index contributed by atoms with van der Waals surface area (Å²) in [7, 11) is 0. The van der Waals surface area contributed by atoms with Crippen molar-refractivity contribution in [1.82, 2.24) is 15.0 Å². The zero-order valence-electron chi connectivity index (χ0n) is 60.2. The summed E-state index contributed by atoms with van der Waals surface area (Å²) >= 11 is 3.60. The Balaban J connectivity index is 0.000000104. The summed E-state index contributed by atoms with van der Waals surface area (Å²) < 4.78 is 1.02. The number of fused-ring (bicyclic) bond motifs is 24. The fraction of sp³-hybridized carbons (Fsp3) is 0.0412. The Morgan fingerprint density at radius 3 is 1.00 bits per heavy atom. The molecule has 0 unspecified atom stereocenters. The largest absolute Gasteiger partial charge is 0.360 e. The highest BCUT2D eigenvalue weighted by molar-refractivity contribution is 9.10. The van der Waals surface area contributed by atoms with E-state index in [1.807, 2.05) is 128 Å². The number of halogens is 1. The van der Waals surface area contributed by atoms with Crippen LogP contribution in [0.4, 0.5) is 34.1 Å². The van der Waals surface area contributed by atoms with E-state index < -0.39 is 0 Å². The van der Waals surface area contributed by atoms with Crippen LogP contribution in [0, 0.1) is 6.92 Å². The van der Waals surface area contributed by atoms with Gasteiger partial charge in [0.25, 0.3) is 35.4 Å². The number of para-hydroxylation sites is 2. The van der Waals surface area contributed by atoms with Gasteiger partial charge < -0.3 is 15.0 Å². The molecule has 0 bridgehead atoms. The van der Waals surface area contributed by atoms with Crippen LogP contribution in [0.2, 0.25) is 0 Å². The first-order valence-electron chi connectivity index (χ1n) is 37.4. The Kier molecular flexibility index (Phi) is 14.5. The number of rotatable bonds is 6. The average Bonchev–Trinajstić information content (AvgIpc) is 1.60. The lowest BCUT2D eigenvalue weighted by Gasteiger charge is -2.17. The highest BCUT2D eigenvalue weighted by Crippen LogP contribution is 2.49. The van der Waals surface area contributed by atoms with Crippen LogP contribution in [0.5, 0.6) is 0 Å². The van der Waals surface area contributed by atoms with Gasteiger partial charge in [0.15, 0.2) is 0 Å². The van der Waals surface area contributed by atoms with Gasteiger partial charge in [-0.05, 0) is 175 Å². The molecule has 6 aliphatic rings. The maximum atomic E-state index is 13.2. The van der Waals surface area contributed by atoms with E-state index in [4.69, 9.17) is 15.0 Å². The molecule has 0 fully saturated rings. The van der Waals surface area contributed by atoms with Gasteiger partial charge in [0, 0.05) is 107 Å². The van der Waals surface area contributed by atoms with Gasteiger partial charge >= 0.3 is 0 Å². The van der Waals surface area contributed by atoms with Gasteiger partial charge in [0.05, 0.1) is 84.6 Å². The monoisotopic (exact) mass is 1520 g/mol. The number of H-pyrrole nitrogens is 3. The Bertz CT molecular complexity index is 7460. The summed E-state index contributed by atoms with van der Waals surface area (Å²) in [5.41, 5.74) is 21.3. The molecule has 16 heteroatoms. The first-order chi connectivity index (χ1) is 55.4. The number of aliphatic imine (C=N–C) groups is 3. The molecule has 113 heavy (non-hydrogen) atoms. The number of aromatic amines is 3. The number of carbonyl (C=O) groups is 6. The van der Waals surface area contributed by atoms with Crippen LogP contribution < -0.4 is 14.7 Å². The lowest BCUT2D eigenvalue weighted by molar-refractivity contribution is 0.0910. The number of imide groups is 3. The third kappa shape index (κ3) is 9.89. The lowest BCUT2D eigenvalue weighted by Crippen LogP contribution is -2.29. The quantitative estimate of drug-likeness (QED) is 0.109. The molecular weight excluding hydrogens is 1470 g/mol. The molecule has 6 amide bonds. The molecule has 0 radical (unpaired) electrons. The van der Waals surface area contributed by atoms with Gasteiger partial charge in [0.1, 0.15) is 0 Å². The van der Waals surface area contributed by atoms with Crippen molar-refractivity contribution in [1.29, 1.82) is 0 Å². The summed E-state index contributed by atoms with van der Waals surface area (Å²) in [6, 6.07) is 86.4. The molecule has 534 valence electrons. The number of carbonyl (C=O) groups excluding carboxylic acids is 6. The van der Waals surface area contributed by atoms with Gasteiger partial charge in [-0.25, -0.2) is 14.7 Å². The number of amides is 6. The van der Waals surface area contributed by atoms with E-state index in [1.54, 1.807) is 72.8 Å². The van der Waals surface area contributed by atoms with Gasteiger partial charge in [-0.1, -0.05) is 180 Å². The van der Waals surface area contributed by atoms with E-state index in [0.29, 0.717) is 69.7 Å². The molecule has 9 heterocycles. The van der Waals surface area contributed by atoms with E-state index >= 15 is 0 Å². The second-order valence-electron chi connectivity index (χ2n) is 29.3. The van der Waals surface area contributed by atoms with Crippen LogP contribution in [0.3, 0.4) is 0 Å². The predicted molar refractivity (Wildman–Crippen MR) is 454 cm³/mol. The van der Waals surface area contributed by atoms with Gasteiger partial charge in [-0.15, -0.1) is 0 Å². The number of nitrogens with zero attached hydrogens (tertiary/aromatic N) is 6. The van der Waals surface area contributed by atoms with E-state index in [-0.39, 0.29) is 35.4 Å². The molecule has 3 N–H and O–H groups in total. The van der Waals surface area contributed by atoms with Crippen molar-refractivity contribution in [3.63, 3.8) is 0 Å². The molecule has 15 aromatic carbocycles. The summed E-state index contributed by atoms with van der Waals surface area (Å²) in [5.74, 6) is -1.71. The van der Waals surface area contributed by atoms with Crippen molar-refractivity contribution < 1.29 is 28.8 Å². The topological polar surface area (TPSA) is 197 Å². The van der Waals surface area contributed by atoms with Gasteiger partial charge in [0.2, 0.25) is 0 Å². The Labute approximate surface area is 651 Å². The van der Waals surface area contributed by atoms with E-state index in [2.05, 4.69) is 117 Å². The molecule has 0 saturated carbocycles. The van der Waals surface area contributed by atoms with Crippen LogP contribution in [0.1, 0.15) is 101 Å². The molecule has 0 aliphatic carbocycles.